The molecular weight excluding hydrogens is 647 g/mol. The normalized spacial score (nSPS) is 18.7. The van der Waals surface area contributed by atoms with Crippen molar-refractivity contribution < 1.29 is 15.6 Å². The van der Waals surface area contributed by atoms with E-state index in [9.17, 15) is 0 Å². The average molecular weight is 688 g/mol. The van der Waals surface area contributed by atoms with Crippen LogP contribution in [0.4, 0.5) is 0 Å². The minimum absolute atomic E-state index is 0.136. The summed E-state index contributed by atoms with van der Waals surface area (Å²) < 4.78 is 0.272. The van der Waals surface area contributed by atoms with E-state index < -0.39 is 21.5 Å². The summed E-state index contributed by atoms with van der Waals surface area (Å²) in [4.78, 5) is 0. The van der Waals surface area contributed by atoms with E-state index in [1.165, 1.54) is 55.7 Å². The van der Waals surface area contributed by atoms with E-state index >= 15 is 0 Å². The predicted molar refractivity (Wildman–Crippen MR) is 186 cm³/mol. The molecule has 0 heterocycles. The Bertz CT molecular complexity index is 1550. The van der Waals surface area contributed by atoms with Gasteiger partial charge in [-0.1, -0.05) is 0 Å². The maximum absolute atomic E-state index is 8.61. The quantitative estimate of drug-likeness (QED) is 0.154. The first kappa shape index (κ1) is 30.1. The van der Waals surface area contributed by atoms with Crippen LogP contribution < -0.4 is 0 Å². The van der Waals surface area contributed by atoms with Crippen LogP contribution in [0.3, 0.4) is 0 Å². The third kappa shape index (κ3) is 4.82. The van der Waals surface area contributed by atoms with Gasteiger partial charge in [0.15, 0.2) is 0 Å². The molecule has 215 valence electrons. The molecule has 0 spiro atoms. The first-order valence-electron chi connectivity index (χ1n) is 15.6. The molecule has 2 aliphatic carbocycles. The number of hydrogen-bond acceptors (Lipinski definition) is 0. The Kier molecular flexibility index (Phi) is 8.49. The number of halogens is 2. The third-order valence-corrected chi connectivity index (χ3v) is 61.6. The van der Waals surface area contributed by atoms with Crippen LogP contribution in [0.15, 0.2) is 108 Å². The Hall–Kier alpha value is -1.96. The summed E-state index contributed by atoms with van der Waals surface area (Å²) in [6, 6.07) is 35.3. The van der Waals surface area contributed by atoms with Crippen molar-refractivity contribution in [1.82, 2.24) is 0 Å². The van der Waals surface area contributed by atoms with Gasteiger partial charge in [0.05, 0.1) is 0 Å². The van der Waals surface area contributed by atoms with E-state index in [0.717, 1.165) is 25.7 Å². The van der Waals surface area contributed by atoms with Crippen LogP contribution in [0, 0.1) is 0 Å². The van der Waals surface area contributed by atoms with Crippen molar-refractivity contribution in [1.29, 1.82) is 0 Å². The molecule has 42 heavy (non-hydrogen) atoms. The minimum atomic E-state index is -4.75. The molecule has 6 rings (SSSR count). The van der Waals surface area contributed by atoms with Crippen LogP contribution in [0.1, 0.15) is 69.0 Å². The molecule has 0 radical (unpaired) electrons. The van der Waals surface area contributed by atoms with Crippen molar-refractivity contribution in [3.8, 4) is 22.3 Å². The van der Waals surface area contributed by atoms with E-state index in [0.29, 0.717) is 0 Å². The Morgan fingerprint density at radius 1 is 0.571 bits per heavy atom. The molecule has 0 bridgehead atoms. The summed E-state index contributed by atoms with van der Waals surface area (Å²) in [5.74, 6) is -1.59. The van der Waals surface area contributed by atoms with Crippen molar-refractivity contribution in [2.24, 2.45) is 0 Å². The number of fused-ring (bicyclic) bond motifs is 2. The van der Waals surface area contributed by atoms with Gasteiger partial charge in [0, 0.05) is 0 Å². The molecule has 0 saturated heterocycles. The molecule has 4 aromatic carbocycles. The van der Waals surface area contributed by atoms with Crippen molar-refractivity contribution in [2.75, 3.05) is 0 Å². The fraction of sp³-hybridized carbons (Fsp3) is 0.263. The van der Waals surface area contributed by atoms with Crippen molar-refractivity contribution in [2.45, 2.75) is 59.9 Å². The summed E-state index contributed by atoms with van der Waals surface area (Å²) in [6.45, 7) is 9.49. The standard InChI is InChI=1S/2C18H17.C2H7Si.2ClH.Zr/c2*1-2-7-14-12-16-10-6-11-17(18(16)13-14)15-8-4-3-5-9-15;1-3-2;;;/h2*3-6,8-13H,2,7H2,1H3;3H,1-2H3;2*1H;/q;;;;;+2/p-2. The zero-order chi connectivity index (χ0) is 29.5. The van der Waals surface area contributed by atoms with Gasteiger partial charge in [0.25, 0.3) is 0 Å². The van der Waals surface area contributed by atoms with Gasteiger partial charge in [-0.2, -0.15) is 0 Å². The van der Waals surface area contributed by atoms with Crippen molar-refractivity contribution in [3.63, 3.8) is 0 Å². The fourth-order valence-corrected chi connectivity index (χ4v) is 39.3. The van der Waals surface area contributed by atoms with Crippen LogP contribution >= 0.6 is 17.0 Å². The van der Waals surface area contributed by atoms with Crippen LogP contribution in [0.5, 0.6) is 0 Å². The molecule has 0 amide bonds. The molecular formula is C38H41Cl2SiZr. The van der Waals surface area contributed by atoms with E-state index in [1.54, 1.807) is 0 Å². The zero-order valence-corrected chi connectivity index (χ0v) is 30.3. The molecule has 0 aliphatic heterocycles. The molecule has 0 nitrogen and oxygen atoms in total. The van der Waals surface area contributed by atoms with Crippen molar-refractivity contribution >= 4 is 35.1 Å². The average Bonchev–Trinajstić information content (AvgIpc) is 3.57. The van der Waals surface area contributed by atoms with E-state index in [4.69, 9.17) is 17.0 Å². The second kappa shape index (κ2) is 11.9. The molecule has 4 heteroatoms. The molecule has 2 atom stereocenters. The maximum atomic E-state index is 8.61. The Morgan fingerprint density at radius 2 is 0.976 bits per heavy atom. The Morgan fingerprint density at radius 3 is 1.33 bits per heavy atom. The van der Waals surface area contributed by atoms with Gasteiger partial charge in [-0.15, -0.1) is 0 Å². The number of allylic oxidation sites excluding steroid dienone is 2. The first-order chi connectivity index (χ1) is 20.3. The zero-order valence-electron chi connectivity index (χ0n) is 25.2. The first-order valence-corrected chi connectivity index (χ1v) is 32.0. The third-order valence-electron chi connectivity index (χ3n) is 9.76. The van der Waals surface area contributed by atoms with Gasteiger partial charge in [0.1, 0.15) is 0 Å². The SMILES string of the molecule is CCCC1=Cc2c(-c3ccccc3)cccc2[CH]1[Zr]([Cl])([Cl])([CH]1C(CCC)=Cc2c(-c3ccccc3)cccc21)[SiH](C)C. The van der Waals surface area contributed by atoms with Crippen LogP contribution in [0.2, 0.25) is 13.1 Å². The van der Waals surface area contributed by atoms with E-state index in [-0.39, 0.29) is 7.25 Å². The summed E-state index contributed by atoms with van der Waals surface area (Å²) in [7, 11) is 17.2. The summed E-state index contributed by atoms with van der Waals surface area (Å²) in [6.07, 6.45) is 9.22. The Balaban J connectivity index is 1.60. The van der Waals surface area contributed by atoms with Gasteiger partial charge in [-0.05, 0) is 0 Å². The number of hydrogen-bond donors (Lipinski definition) is 0. The van der Waals surface area contributed by atoms with E-state index in [2.05, 4.69) is 136 Å². The molecule has 0 fully saturated rings. The topological polar surface area (TPSA) is 0 Å². The molecule has 0 saturated carbocycles. The monoisotopic (exact) mass is 685 g/mol. The van der Waals surface area contributed by atoms with Gasteiger partial charge in [-0.3, -0.25) is 0 Å². The summed E-state index contributed by atoms with van der Waals surface area (Å²) in [5.41, 5.74) is 13.5. The molecule has 0 aromatic heterocycles. The second-order valence-corrected chi connectivity index (χ2v) is 55.0. The predicted octanol–water partition coefficient (Wildman–Crippen LogP) is 12.2. The van der Waals surface area contributed by atoms with Crippen LogP contribution in [-0.2, 0) is 15.6 Å². The van der Waals surface area contributed by atoms with Crippen LogP contribution in [-0.4, -0.2) is 5.92 Å². The van der Waals surface area contributed by atoms with Crippen molar-refractivity contribution in [3.05, 3.63) is 130 Å². The summed E-state index contributed by atoms with van der Waals surface area (Å²) in [5, 5.41) is 0. The van der Waals surface area contributed by atoms with Gasteiger partial charge in [0.2, 0.25) is 0 Å². The second-order valence-electron chi connectivity index (χ2n) is 12.5. The molecule has 0 N–H and O–H groups in total. The van der Waals surface area contributed by atoms with Gasteiger partial charge >= 0.3 is 263 Å². The number of rotatable bonds is 9. The van der Waals surface area contributed by atoms with Gasteiger partial charge in [-0.25, -0.2) is 0 Å². The summed E-state index contributed by atoms with van der Waals surface area (Å²) >= 11 is -4.75. The van der Waals surface area contributed by atoms with E-state index in [1.807, 2.05) is 0 Å². The van der Waals surface area contributed by atoms with Crippen LogP contribution in [0.25, 0.3) is 34.4 Å². The Labute approximate surface area is 261 Å². The molecule has 2 aliphatic rings. The molecule has 4 aromatic rings. The fourth-order valence-electron chi connectivity index (χ4n) is 7.81. The molecule has 2 unspecified atom stereocenters. The van der Waals surface area contributed by atoms with Gasteiger partial charge < -0.3 is 0 Å². The number of benzene rings is 4.